The molecule has 188 valence electrons. The molecule has 1 saturated heterocycles. The molecule has 0 spiro atoms. The van der Waals surface area contributed by atoms with Crippen molar-refractivity contribution in [2.24, 2.45) is 0 Å². The molecule has 1 amide bonds. The topological polar surface area (TPSA) is 82.6 Å². The van der Waals surface area contributed by atoms with Crippen molar-refractivity contribution in [2.45, 2.75) is 96.0 Å². The highest BCUT2D eigenvalue weighted by Crippen LogP contribution is 2.45. The average molecular weight is 487 g/mol. The first kappa shape index (κ1) is 25.2. The van der Waals surface area contributed by atoms with Gasteiger partial charge in [-0.25, -0.2) is 4.98 Å². The number of benzene rings is 1. The maximum atomic E-state index is 12.2. The predicted octanol–water partition coefficient (Wildman–Crippen LogP) is 5.66. The Labute approximate surface area is 205 Å². The van der Waals surface area contributed by atoms with Gasteiger partial charge in [-0.05, 0) is 60.5 Å². The van der Waals surface area contributed by atoms with E-state index in [0.29, 0.717) is 47.9 Å². The van der Waals surface area contributed by atoms with Crippen LogP contribution in [0.4, 0.5) is 11.6 Å². The first-order valence-corrected chi connectivity index (χ1v) is 15.1. The van der Waals surface area contributed by atoms with Crippen LogP contribution in [0, 0.1) is 0 Å². The molecule has 0 bridgehead atoms. The SMILES string of the molecule is CC(C)[Si](OC1CCC(n2c(N)nc3cc(N4CCOCC4=O)ccc32)CC1)(C(C)C)C(C)C. The monoisotopic (exact) mass is 486 g/mol. The molecule has 0 unspecified atom stereocenters. The number of nitrogens with two attached hydrogens (primary N) is 1. The van der Waals surface area contributed by atoms with Crippen molar-refractivity contribution in [1.29, 1.82) is 0 Å². The van der Waals surface area contributed by atoms with E-state index in [0.717, 1.165) is 42.4 Å². The molecule has 2 aliphatic rings. The number of carbonyl (C=O) groups excluding carboxylic acids is 1. The lowest BCUT2D eigenvalue weighted by Crippen LogP contribution is -2.50. The van der Waals surface area contributed by atoms with E-state index in [1.165, 1.54) is 0 Å². The summed E-state index contributed by atoms with van der Waals surface area (Å²) < 4.78 is 14.5. The van der Waals surface area contributed by atoms with Crippen molar-refractivity contribution in [3.8, 4) is 0 Å². The van der Waals surface area contributed by atoms with Gasteiger partial charge in [-0.2, -0.15) is 0 Å². The van der Waals surface area contributed by atoms with Gasteiger partial charge in [0.15, 0.2) is 0 Å². The van der Waals surface area contributed by atoms with Crippen LogP contribution in [0.1, 0.15) is 73.3 Å². The van der Waals surface area contributed by atoms with Gasteiger partial charge >= 0.3 is 0 Å². The lowest BCUT2D eigenvalue weighted by atomic mass is 9.93. The lowest BCUT2D eigenvalue weighted by Gasteiger charge is -2.46. The number of hydrogen-bond acceptors (Lipinski definition) is 5. The average Bonchev–Trinajstić information content (AvgIpc) is 3.12. The van der Waals surface area contributed by atoms with Crippen molar-refractivity contribution in [1.82, 2.24) is 9.55 Å². The van der Waals surface area contributed by atoms with Crippen LogP contribution >= 0.6 is 0 Å². The molecule has 1 aromatic heterocycles. The highest BCUT2D eigenvalue weighted by molar-refractivity contribution is 6.77. The highest BCUT2D eigenvalue weighted by Gasteiger charge is 2.47. The molecule has 2 heterocycles. The third-order valence-electron chi connectivity index (χ3n) is 8.08. The van der Waals surface area contributed by atoms with Gasteiger partial charge in [0, 0.05) is 24.4 Å². The van der Waals surface area contributed by atoms with Gasteiger partial charge in [0.25, 0.3) is 5.91 Å². The third-order valence-corrected chi connectivity index (χ3v) is 14.2. The summed E-state index contributed by atoms with van der Waals surface area (Å²) in [5.74, 6) is 0.542. The first-order valence-electron chi connectivity index (χ1n) is 13.0. The summed E-state index contributed by atoms with van der Waals surface area (Å²) in [6.45, 7) is 15.4. The minimum absolute atomic E-state index is 0.0138. The van der Waals surface area contributed by atoms with Crippen molar-refractivity contribution in [3.63, 3.8) is 0 Å². The number of ether oxygens (including phenoxy) is 1. The van der Waals surface area contributed by atoms with Gasteiger partial charge in [-0.1, -0.05) is 41.5 Å². The van der Waals surface area contributed by atoms with Gasteiger partial charge in [0.1, 0.15) is 6.61 Å². The summed E-state index contributed by atoms with van der Waals surface area (Å²) in [5.41, 5.74) is 11.0. The molecule has 34 heavy (non-hydrogen) atoms. The number of rotatable bonds is 7. The Morgan fingerprint density at radius 1 is 1.06 bits per heavy atom. The largest absolute Gasteiger partial charge is 0.413 e. The van der Waals surface area contributed by atoms with Crippen LogP contribution < -0.4 is 10.6 Å². The maximum Gasteiger partial charge on any atom is 0.253 e. The van der Waals surface area contributed by atoms with Crippen molar-refractivity contribution < 1.29 is 14.0 Å². The van der Waals surface area contributed by atoms with Crippen LogP contribution in [0.15, 0.2) is 18.2 Å². The Bertz CT molecular complexity index is 989. The van der Waals surface area contributed by atoms with E-state index in [1.807, 2.05) is 12.1 Å². The fourth-order valence-corrected chi connectivity index (χ4v) is 12.2. The standard InChI is InChI=1S/C26H42N4O3Si/c1-17(2)34(18(3)4,19(5)6)33-22-10-7-20(8-11-22)30-24-12-9-21(15-23(24)28-26(30)27)29-13-14-32-16-25(29)31/h9,12,15,17-20,22H,7-8,10-11,13-14,16H2,1-6H3,(H2,27,28). The number of imidazole rings is 1. The van der Waals surface area contributed by atoms with Crippen LogP contribution in [0.2, 0.25) is 16.6 Å². The molecule has 0 radical (unpaired) electrons. The molecule has 0 atom stereocenters. The zero-order valence-corrected chi connectivity index (χ0v) is 22.7. The summed E-state index contributed by atoms with van der Waals surface area (Å²) in [5, 5.41) is 0. The molecule has 8 heteroatoms. The smallest absolute Gasteiger partial charge is 0.253 e. The quantitative estimate of drug-likeness (QED) is 0.511. The van der Waals surface area contributed by atoms with E-state index in [2.05, 4.69) is 57.2 Å². The number of fused-ring (bicyclic) bond motifs is 1. The van der Waals surface area contributed by atoms with Crippen LogP contribution in [-0.2, 0) is 14.0 Å². The van der Waals surface area contributed by atoms with E-state index >= 15 is 0 Å². The second-order valence-corrected chi connectivity index (χ2v) is 16.4. The molecule has 2 N–H and O–H groups in total. The normalized spacial score (nSPS) is 22.5. The van der Waals surface area contributed by atoms with Crippen LogP contribution in [-0.4, -0.2) is 49.6 Å². The zero-order valence-electron chi connectivity index (χ0n) is 21.7. The Morgan fingerprint density at radius 3 is 2.29 bits per heavy atom. The molecule has 1 aliphatic carbocycles. The Balaban J connectivity index is 1.50. The minimum Gasteiger partial charge on any atom is -0.413 e. The Hall–Kier alpha value is -1.90. The van der Waals surface area contributed by atoms with Gasteiger partial charge in [-0.3, -0.25) is 4.79 Å². The van der Waals surface area contributed by atoms with E-state index in [4.69, 9.17) is 14.9 Å². The minimum atomic E-state index is -1.87. The molecule has 7 nitrogen and oxygen atoms in total. The molecule has 4 rings (SSSR count). The third kappa shape index (κ3) is 4.52. The summed E-state index contributed by atoms with van der Waals surface area (Å²) in [6, 6.07) is 6.38. The number of carbonyl (C=O) groups is 1. The number of nitrogens with zero attached hydrogens (tertiary/aromatic N) is 3. The fourth-order valence-electron chi connectivity index (χ4n) is 6.57. The second-order valence-electron chi connectivity index (χ2n) is 11.0. The van der Waals surface area contributed by atoms with Gasteiger partial charge < -0.3 is 24.4 Å². The zero-order chi connectivity index (χ0) is 24.6. The first-order chi connectivity index (χ1) is 16.1. The van der Waals surface area contributed by atoms with E-state index in [-0.39, 0.29) is 12.5 Å². The second kappa shape index (κ2) is 9.99. The summed E-state index contributed by atoms with van der Waals surface area (Å²) in [4.78, 5) is 18.7. The number of hydrogen-bond donors (Lipinski definition) is 1. The highest BCUT2D eigenvalue weighted by atomic mass is 28.4. The van der Waals surface area contributed by atoms with Crippen molar-refractivity contribution >= 4 is 36.9 Å². The number of anilines is 2. The Kier molecular flexibility index (Phi) is 7.40. The molecule has 1 saturated carbocycles. The van der Waals surface area contributed by atoms with E-state index in [1.54, 1.807) is 4.90 Å². The maximum absolute atomic E-state index is 12.2. The summed E-state index contributed by atoms with van der Waals surface area (Å²) in [7, 11) is -1.87. The number of morpholine rings is 1. The molecular formula is C26H42N4O3Si. The fraction of sp³-hybridized carbons (Fsp3) is 0.692. The molecule has 2 aromatic rings. The summed E-state index contributed by atoms with van der Waals surface area (Å²) in [6.07, 6.45) is 4.55. The van der Waals surface area contributed by atoms with Gasteiger partial charge in [-0.15, -0.1) is 0 Å². The molecule has 2 fully saturated rings. The van der Waals surface area contributed by atoms with Crippen molar-refractivity contribution in [2.75, 3.05) is 30.4 Å². The van der Waals surface area contributed by atoms with E-state index < -0.39 is 8.32 Å². The van der Waals surface area contributed by atoms with Crippen molar-refractivity contribution in [3.05, 3.63) is 18.2 Å². The van der Waals surface area contributed by atoms with Gasteiger partial charge in [0.05, 0.1) is 17.6 Å². The van der Waals surface area contributed by atoms with Crippen LogP contribution in [0.25, 0.3) is 11.0 Å². The molecular weight excluding hydrogens is 444 g/mol. The van der Waals surface area contributed by atoms with Crippen LogP contribution in [0.5, 0.6) is 0 Å². The molecule has 1 aliphatic heterocycles. The number of amides is 1. The lowest BCUT2D eigenvalue weighted by molar-refractivity contribution is -0.125. The van der Waals surface area contributed by atoms with E-state index in [9.17, 15) is 4.79 Å². The number of nitrogen functional groups attached to an aromatic ring is 1. The predicted molar refractivity (Wildman–Crippen MR) is 141 cm³/mol. The summed E-state index contributed by atoms with van der Waals surface area (Å²) >= 11 is 0. The van der Waals surface area contributed by atoms with Crippen LogP contribution in [0.3, 0.4) is 0 Å². The molecule has 1 aromatic carbocycles. The number of aromatic nitrogens is 2. The Morgan fingerprint density at radius 2 is 1.71 bits per heavy atom. The van der Waals surface area contributed by atoms with Gasteiger partial charge in [0.2, 0.25) is 14.3 Å².